The van der Waals surface area contributed by atoms with Crippen LogP contribution >= 0.6 is 0 Å². The minimum absolute atomic E-state index is 0.114. The van der Waals surface area contributed by atoms with E-state index in [1.807, 2.05) is 0 Å². The molecule has 0 aliphatic carbocycles. The lowest BCUT2D eigenvalue weighted by Gasteiger charge is -2.05. The second-order valence-electron chi connectivity index (χ2n) is 7.90. The Bertz CT molecular complexity index is 1510. The molecule has 0 fully saturated rings. The molecule has 11 heteroatoms. The van der Waals surface area contributed by atoms with Gasteiger partial charge >= 0.3 is 0 Å². The Morgan fingerprint density at radius 3 is 1.33 bits per heavy atom. The maximum absolute atomic E-state index is 13.0. The van der Waals surface area contributed by atoms with Crippen molar-refractivity contribution in [3.63, 3.8) is 0 Å². The fourth-order valence-corrected chi connectivity index (χ4v) is 4.50. The minimum Gasteiger partial charge on any atom is -0.507 e. The number of benzene rings is 4. The fourth-order valence-electron chi connectivity index (χ4n) is 3.24. The van der Waals surface area contributed by atoms with Gasteiger partial charge in [0.15, 0.2) is 0 Å². The summed E-state index contributed by atoms with van der Waals surface area (Å²) in [7, 11) is -3.73. The molecule has 0 aliphatic heterocycles. The molecule has 0 heterocycles. The molecule has 0 radical (unpaired) electrons. The molecule has 196 valence electrons. The van der Waals surface area contributed by atoms with Crippen molar-refractivity contribution in [2.24, 2.45) is 20.2 Å². The van der Waals surface area contributed by atoms with E-state index in [0.29, 0.717) is 22.5 Å². The molecule has 39 heavy (non-hydrogen) atoms. The third-order valence-corrected chi connectivity index (χ3v) is 7.05. The summed E-state index contributed by atoms with van der Waals surface area (Å²) in [6, 6.07) is 25.8. The average molecular weight is 541 g/mol. The molecule has 0 spiro atoms. The van der Waals surface area contributed by atoms with Gasteiger partial charge in [-0.25, -0.2) is 18.4 Å². The van der Waals surface area contributed by atoms with E-state index in [1.165, 1.54) is 49.4 Å². The summed E-state index contributed by atoms with van der Waals surface area (Å²) in [5.41, 5.74) is 7.43. The van der Waals surface area contributed by atoms with Crippen molar-refractivity contribution in [1.29, 1.82) is 0 Å². The lowest BCUT2D eigenvalue weighted by atomic mass is 10.2. The molecular formula is C28H24N6O4S. The van der Waals surface area contributed by atoms with Crippen LogP contribution in [-0.2, 0) is 9.84 Å². The van der Waals surface area contributed by atoms with Crippen molar-refractivity contribution in [2.45, 2.75) is 9.79 Å². The van der Waals surface area contributed by atoms with E-state index >= 15 is 0 Å². The van der Waals surface area contributed by atoms with Crippen LogP contribution in [0.15, 0.2) is 127 Å². The number of rotatable bonds is 10. The number of para-hydroxylation sites is 2. The Hall–Kier alpha value is -5.29. The zero-order valence-electron chi connectivity index (χ0n) is 20.5. The van der Waals surface area contributed by atoms with Crippen LogP contribution in [0.4, 0.5) is 11.4 Å². The molecule has 0 amide bonds. The first-order valence-electron chi connectivity index (χ1n) is 11.6. The number of phenolic OH excluding ortho intramolecular Hbond substituents is 2. The van der Waals surface area contributed by atoms with Crippen molar-refractivity contribution >= 4 is 46.3 Å². The highest BCUT2D eigenvalue weighted by Gasteiger charge is 2.17. The standard InChI is InChI=1S/C28H24N6O4S/c35-27-7-3-1-5-21(27)17-31-33-19-29-23-9-13-25(14-10-23)39(37,38)26-15-11-24(12-16-26)30-20-34-32-18-22-6-2-4-8-28(22)36/h1-20,35-36H,(H,29,33)(H,30,34). The number of aromatic hydroxyl groups is 2. The van der Waals surface area contributed by atoms with E-state index in [0.717, 1.165) is 0 Å². The van der Waals surface area contributed by atoms with Crippen LogP contribution in [0.25, 0.3) is 0 Å². The summed E-state index contributed by atoms with van der Waals surface area (Å²) >= 11 is 0. The normalized spacial score (nSPS) is 12.1. The lowest BCUT2D eigenvalue weighted by molar-refractivity contribution is 0.474. The minimum atomic E-state index is -3.73. The highest BCUT2D eigenvalue weighted by atomic mass is 32.2. The number of hydrazone groups is 2. The third-order valence-electron chi connectivity index (χ3n) is 5.27. The van der Waals surface area contributed by atoms with Crippen LogP contribution < -0.4 is 10.9 Å². The Morgan fingerprint density at radius 2 is 0.949 bits per heavy atom. The molecule has 4 aromatic rings. The largest absolute Gasteiger partial charge is 0.507 e. The number of sulfone groups is 1. The lowest BCUT2D eigenvalue weighted by Crippen LogP contribution is -2.02. The van der Waals surface area contributed by atoms with Crippen LogP contribution in [0.3, 0.4) is 0 Å². The van der Waals surface area contributed by atoms with Gasteiger partial charge in [-0.3, -0.25) is 10.9 Å². The molecule has 0 bridgehead atoms. The number of aliphatic imine (C=N–C) groups is 2. The van der Waals surface area contributed by atoms with Gasteiger partial charge in [0.05, 0.1) is 33.6 Å². The zero-order valence-corrected chi connectivity index (χ0v) is 21.3. The average Bonchev–Trinajstić information content (AvgIpc) is 2.95. The molecule has 4 aromatic carbocycles. The van der Waals surface area contributed by atoms with E-state index < -0.39 is 9.84 Å². The van der Waals surface area contributed by atoms with Gasteiger partial charge in [0.25, 0.3) is 0 Å². The topological polar surface area (TPSA) is 148 Å². The monoisotopic (exact) mass is 540 g/mol. The van der Waals surface area contributed by atoms with Crippen LogP contribution in [0.2, 0.25) is 0 Å². The van der Waals surface area contributed by atoms with Crippen molar-refractivity contribution < 1.29 is 18.6 Å². The van der Waals surface area contributed by atoms with Gasteiger partial charge in [-0.15, -0.1) is 0 Å². The Morgan fingerprint density at radius 1 is 0.564 bits per heavy atom. The molecule has 0 unspecified atom stereocenters. The first-order valence-corrected chi connectivity index (χ1v) is 13.1. The summed E-state index contributed by atoms with van der Waals surface area (Å²) in [6.45, 7) is 0. The van der Waals surface area contributed by atoms with Gasteiger partial charge in [-0.1, -0.05) is 24.3 Å². The smallest absolute Gasteiger partial charge is 0.206 e. The van der Waals surface area contributed by atoms with Crippen molar-refractivity contribution in [1.82, 2.24) is 10.9 Å². The predicted octanol–water partition coefficient (Wildman–Crippen LogP) is 4.50. The first kappa shape index (κ1) is 26.8. The van der Waals surface area contributed by atoms with Gasteiger partial charge in [-0.2, -0.15) is 10.2 Å². The summed E-state index contributed by atoms with van der Waals surface area (Å²) in [5.74, 6) is 0.228. The summed E-state index contributed by atoms with van der Waals surface area (Å²) in [6.07, 6.45) is 5.61. The SMILES string of the molecule is O=S(=O)(c1ccc(N=CNN=Cc2ccccc2O)cc1)c1ccc(N=CNN=Cc2ccccc2O)cc1. The first-order chi connectivity index (χ1) is 18.9. The van der Waals surface area contributed by atoms with Crippen molar-refractivity contribution in [3.05, 3.63) is 108 Å². The molecule has 0 atom stereocenters. The number of phenols is 2. The van der Waals surface area contributed by atoms with E-state index in [4.69, 9.17) is 0 Å². The summed E-state index contributed by atoms with van der Waals surface area (Å²) in [5, 5.41) is 27.3. The maximum atomic E-state index is 13.0. The van der Waals surface area contributed by atoms with Crippen molar-refractivity contribution in [2.75, 3.05) is 0 Å². The summed E-state index contributed by atoms with van der Waals surface area (Å²) < 4.78 is 26.0. The predicted molar refractivity (Wildman–Crippen MR) is 152 cm³/mol. The second kappa shape index (κ2) is 12.8. The number of nitrogens with zero attached hydrogens (tertiary/aromatic N) is 4. The molecule has 10 nitrogen and oxygen atoms in total. The van der Waals surface area contributed by atoms with E-state index in [9.17, 15) is 18.6 Å². The van der Waals surface area contributed by atoms with Crippen LogP contribution in [0.5, 0.6) is 11.5 Å². The molecule has 4 N–H and O–H groups in total. The van der Waals surface area contributed by atoms with Gasteiger partial charge in [0, 0.05) is 11.1 Å². The fraction of sp³-hybridized carbons (Fsp3) is 0. The highest BCUT2D eigenvalue weighted by Crippen LogP contribution is 2.25. The van der Waals surface area contributed by atoms with E-state index in [2.05, 4.69) is 31.0 Å². The van der Waals surface area contributed by atoms with E-state index in [1.54, 1.807) is 72.8 Å². The number of hydrogen-bond acceptors (Lipinski definition) is 8. The van der Waals surface area contributed by atoms with Crippen LogP contribution in [-0.4, -0.2) is 43.7 Å². The Balaban J connectivity index is 1.32. The van der Waals surface area contributed by atoms with Crippen LogP contribution in [0, 0.1) is 0 Å². The van der Waals surface area contributed by atoms with Gasteiger partial charge < -0.3 is 10.2 Å². The molecule has 0 saturated carbocycles. The number of nitrogens with one attached hydrogen (secondary N) is 2. The number of hydrogen-bond donors (Lipinski definition) is 4. The molecular weight excluding hydrogens is 516 g/mol. The Labute approximate surface area is 225 Å². The van der Waals surface area contributed by atoms with Crippen molar-refractivity contribution in [3.8, 4) is 11.5 Å². The maximum Gasteiger partial charge on any atom is 0.206 e. The van der Waals surface area contributed by atoms with Crippen LogP contribution in [0.1, 0.15) is 11.1 Å². The molecule has 0 aromatic heterocycles. The molecule has 0 aliphatic rings. The van der Waals surface area contributed by atoms with Gasteiger partial charge in [-0.05, 0) is 72.8 Å². The molecule has 0 saturated heterocycles. The second-order valence-corrected chi connectivity index (χ2v) is 9.85. The third kappa shape index (κ3) is 7.37. The molecule has 4 rings (SSSR count). The quantitative estimate of drug-likeness (QED) is 0.132. The van der Waals surface area contributed by atoms with Gasteiger partial charge in [0.2, 0.25) is 9.84 Å². The summed E-state index contributed by atoms with van der Waals surface area (Å²) in [4.78, 5) is 8.61. The van der Waals surface area contributed by atoms with Gasteiger partial charge in [0.1, 0.15) is 24.2 Å². The van der Waals surface area contributed by atoms with E-state index in [-0.39, 0.29) is 21.3 Å². The Kier molecular flexibility index (Phi) is 8.78. The zero-order chi connectivity index (χ0) is 27.5. The highest BCUT2D eigenvalue weighted by molar-refractivity contribution is 7.91.